The van der Waals surface area contributed by atoms with E-state index >= 15 is 0 Å². The van der Waals surface area contributed by atoms with Crippen molar-refractivity contribution in [2.45, 2.75) is 36.2 Å². The lowest BCUT2D eigenvalue weighted by atomic mass is 10.1. The maximum Gasteiger partial charge on any atom is 0.0987 e. The molecule has 0 fully saturated rings. The average Bonchev–Trinajstić information content (AvgIpc) is 2.62. The molecule has 0 aliphatic rings. The van der Waals surface area contributed by atoms with Crippen molar-refractivity contribution in [2.75, 3.05) is 0 Å². The lowest BCUT2D eigenvalue weighted by molar-refractivity contribution is 0.691. The summed E-state index contributed by atoms with van der Waals surface area (Å²) in [5.74, 6) is 0. The van der Waals surface area contributed by atoms with Gasteiger partial charge in [-0.25, -0.2) is 0 Å². The summed E-state index contributed by atoms with van der Waals surface area (Å²) >= 11 is 7.97. The maximum absolute atomic E-state index is 6.29. The number of aryl methyl sites for hydroxylation is 2. The van der Waals surface area contributed by atoms with E-state index in [0.717, 1.165) is 32.6 Å². The molecule has 19 heavy (non-hydrogen) atoms. The zero-order valence-corrected chi connectivity index (χ0v) is 12.9. The molecule has 2 N–H and O–H groups in total. The molecule has 0 amide bonds. The van der Waals surface area contributed by atoms with Gasteiger partial charge in [0.2, 0.25) is 0 Å². The van der Waals surface area contributed by atoms with Gasteiger partial charge in [0.15, 0.2) is 0 Å². The molecule has 5 heteroatoms. The van der Waals surface area contributed by atoms with Gasteiger partial charge in [0.1, 0.15) is 0 Å². The van der Waals surface area contributed by atoms with E-state index in [1.807, 2.05) is 37.7 Å². The van der Waals surface area contributed by atoms with Gasteiger partial charge in [0, 0.05) is 23.0 Å². The van der Waals surface area contributed by atoms with Gasteiger partial charge in [0.25, 0.3) is 0 Å². The third kappa shape index (κ3) is 3.53. The molecule has 0 aliphatic heterocycles. The molecule has 0 radical (unpaired) electrons. The van der Waals surface area contributed by atoms with Gasteiger partial charge in [-0.1, -0.05) is 29.4 Å². The Morgan fingerprint density at radius 3 is 2.79 bits per heavy atom. The first-order chi connectivity index (χ1) is 8.97. The van der Waals surface area contributed by atoms with Gasteiger partial charge in [0.05, 0.1) is 10.7 Å². The molecule has 1 atom stereocenters. The zero-order chi connectivity index (χ0) is 14.0. The average molecular weight is 296 g/mol. The Hall–Kier alpha value is -0.970. The summed E-state index contributed by atoms with van der Waals surface area (Å²) in [7, 11) is 1.95. The quantitative estimate of drug-likeness (QED) is 0.940. The third-order valence-corrected chi connectivity index (χ3v) is 4.32. The van der Waals surface area contributed by atoms with E-state index in [0.29, 0.717) is 0 Å². The van der Waals surface area contributed by atoms with Crippen LogP contribution in [0.1, 0.15) is 18.2 Å². The molecule has 1 aromatic heterocycles. The smallest absolute Gasteiger partial charge is 0.0987 e. The molecule has 1 unspecified atom stereocenters. The summed E-state index contributed by atoms with van der Waals surface area (Å²) in [6.07, 6.45) is 0.777. The van der Waals surface area contributed by atoms with Crippen LogP contribution in [-0.4, -0.2) is 15.8 Å². The van der Waals surface area contributed by atoms with Crippen LogP contribution >= 0.6 is 23.4 Å². The van der Waals surface area contributed by atoms with Gasteiger partial charge in [-0.3, -0.25) is 4.68 Å². The third-order valence-electron chi connectivity index (χ3n) is 2.78. The summed E-state index contributed by atoms with van der Waals surface area (Å²) in [6.45, 7) is 3.98. The number of aromatic nitrogens is 2. The molecule has 0 aliphatic carbocycles. The molecule has 1 aromatic carbocycles. The SMILES string of the molecule is Cc1cc(Sc2cccc(Cl)c2CC(C)N)n(C)n1. The van der Waals surface area contributed by atoms with Crippen LogP contribution in [0.3, 0.4) is 0 Å². The highest BCUT2D eigenvalue weighted by molar-refractivity contribution is 7.99. The molecule has 102 valence electrons. The highest BCUT2D eigenvalue weighted by Crippen LogP contribution is 2.34. The minimum atomic E-state index is 0.0903. The predicted molar refractivity (Wildman–Crippen MR) is 80.9 cm³/mol. The van der Waals surface area contributed by atoms with Crippen LogP contribution in [0, 0.1) is 6.92 Å². The standard InChI is InChI=1S/C14H18ClN3S/c1-9(16)7-11-12(15)5-4-6-13(11)19-14-8-10(2)17-18(14)3/h4-6,8-9H,7,16H2,1-3H3. The topological polar surface area (TPSA) is 43.8 Å². The van der Waals surface area contributed by atoms with Crippen molar-refractivity contribution in [2.24, 2.45) is 12.8 Å². The molecule has 2 aromatic rings. The van der Waals surface area contributed by atoms with Crippen molar-refractivity contribution >= 4 is 23.4 Å². The number of rotatable bonds is 4. The van der Waals surface area contributed by atoms with Gasteiger partial charge < -0.3 is 5.73 Å². The Kier molecular flexibility index (Phi) is 4.55. The molecule has 0 spiro atoms. The fourth-order valence-corrected chi connectivity index (χ4v) is 3.35. The highest BCUT2D eigenvalue weighted by atomic mass is 35.5. The highest BCUT2D eigenvalue weighted by Gasteiger charge is 2.12. The molecule has 0 saturated heterocycles. The maximum atomic E-state index is 6.29. The van der Waals surface area contributed by atoms with Crippen molar-refractivity contribution in [1.29, 1.82) is 0 Å². The van der Waals surface area contributed by atoms with Crippen LogP contribution < -0.4 is 5.73 Å². The second kappa shape index (κ2) is 5.99. The van der Waals surface area contributed by atoms with E-state index in [1.165, 1.54) is 0 Å². The largest absolute Gasteiger partial charge is 0.328 e. The van der Waals surface area contributed by atoms with Gasteiger partial charge in [-0.2, -0.15) is 5.10 Å². The van der Waals surface area contributed by atoms with Gasteiger partial charge >= 0.3 is 0 Å². The van der Waals surface area contributed by atoms with Crippen LogP contribution in [0.25, 0.3) is 0 Å². The lowest BCUT2D eigenvalue weighted by Crippen LogP contribution is -2.18. The summed E-state index contributed by atoms with van der Waals surface area (Å²) < 4.78 is 1.89. The summed E-state index contributed by atoms with van der Waals surface area (Å²) in [5, 5.41) is 6.24. The number of benzene rings is 1. The van der Waals surface area contributed by atoms with Crippen molar-refractivity contribution in [1.82, 2.24) is 9.78 Å². The van der Waals surface area contributed by atoms with Crippen LogP contribution in [0.15, 0.2) is 34.2 Å². The number of hydrogen-bond acceptors (Lipinski definition) is 3. The van der Waals surface area contributed by atoms with Crippen LogP contribution in [0.5, 0.6) is 0 Å². The fourth-order valence-electron chi connectivity index (χ4n) is 1.95. The number of nitrogens with two attached hydrogens (primary N) is 1. The Labute approximate surface area is 123 Å². The van der Waals surface area contributed by atoms with Crippen LogP contribution in [0.4, 0.5) is 0 Å². The lowest BCUT2D eigenvalue weighted by Gasteiger charge is -2.13. The minimum Gasteiger partial charge on any atom is -0.328 e. The number of nitrogens with zero attached hydrogens (tertiary/aromatic N) is 2. The Morgan fingerprint density at radius 2 is 2.21 bits per heavy atom. The van der Waals surface area contributed by atoms with E-state index in [2.05, 4.69) is 17.2 Å². The van der Waals surface area contributed by atoms with E-state index in [-0.39, 0.29) is 6.04 Å². The Bertz CT molecular complexity index is 578. The fraction of sp³-hybridized carbons (Fsp3) is 0.357. The molecular weight excluding hydrogens is 278 g/mol. The minimum absolute atomic E-state index is 0.0903. The Morgan fingerprint density at radius 1 is 1.47 bits per heavy atom. The predicted octanol–water partition coefficient (Wildman–Crippen LogP) is 3.42. The van der Waals surface area contributed by atoms with Crippen LogP contribution in [0.2, 0.25) is 5.02 Å². The molecule has 3 nitrogen and oxygen atoms in total. The van der Waals surface area contributed by atoms with Crippen molar-refractivity contribution < 1.29 is 0 Å². The number of hydrogen-bond donors (Lipinski definition) is 1. The first-order valence-corrected chi connectivity index (χ1v) is 7.38. The summed E-state index contributed by atoms with van der Waals surface area (Å²) in [5.41, 5.74) is 8.03. The van der Waals surface area contributed by atoms with E-state index in [9.17, 15) is 0 Å². The van der Waals surface area contributed by atoms with Crippen molar-refractivity contribution in [3.05, 3.63) is 40.5 Å². The first kappa shape index (κ1) is 14.4. The molecule has 2 rings (SSSR count). The summed E-state index contributed by atoms with van der Waals surface area (Å²) in [6, 6.07) is 8.13. The Balaban J connectivity index is 2.34. The van der Waals surface area contributed by atoms with Crippen molar-refractivity contribution in [3.8, 4) is 0 Å². The van der Waals surface area contributed by atoms with E-state index in [1.54, 1.807) is 11.8 Å². The molecular formula is C14H18ClN3S. The van der Waals surface area contributed by atoms with Crippen molar-refractivity contribution in [3.63, 3.8) is 0 Å². The zero-order valence-electron chi connectivity index (χ0n) is 11.4. The second-order valence-electron chi connectivity index (χ2n) is 4.75. The van der Waals surface area contributed by atoms with Gasteiger partial charge in [-0.15, -0.1) is 0 Å². The number of halogens is 1. The summed E-state index contributed by atoms with van der Waals surface area (Å²) in [4.78, 5) is 1.15. The van der Waals surface area contributed by atoms with E-state index in [4.69, 9.17) is 17.3 Å². The molecule has 0 saturated carbocycles. The van der Waals surface area contributed by atoms with E-state index < -0.39 is 0 Å². The normalized spacial score (nSPS) is 12.7. The van der Waals surface area contributed by atoms with Crippen LogP contribution in [-0.2, 0) is 13.5 Å². The first-order valence-electron chi connectivity index (χ1n) is 6.19. The second-order valence-corrected chi connectivity index (χ2v) is 6.22. The molecule has 0 bridgehead atoms. The monoisotopic (exact) mass is 295 g/mol. The molecule has 1 heterocycles. The van der Waals surface area contributed by atoms with Gasteiger partial charge in [-0.05, 0) is 44.0 Å².